The van der Waals surface area contributed by atoms with E-state index in [-0.39, 0.29) is 5.56 Å². The molecule has 1 fully saturated rings. The van der Waals surface area contributed by atoms with Gasteiger partial charge in [0.2, 0.25) is 0 Å². The first kappa shape index (κ1) is 10.6. The molecule has 3 heteroatoms. The van der Waals surface area contributed by atoms with Crippen LogP contribution in [0.25, 0.3) is 0 Å². The Morgan fingerprint density at radius 2 is 1.73 bits per heavy atom. The predicted octanol–water partition coefficient (Wildman–Crippen LogP) is 3.12. The summed E-state index contributed by atoms with van der Waals surface area (Å²) >= 11 is 0. The molecular formula is C12H14F2O. The van der Waals surface area contributed by atoms with Gasteiger partial charge in [-0.15, -0.1) is 0 Å². The average Bonchev–Trinajstić information content (AvgIpc) is 2.23. The van der Waals surface area contributed by atoms with Crippen LogP contribution in [-0.2, 0) is 5.60 Å². The van der Waals surface area contributed by atoms with Crippen LogP contribution >= 0.6 is 0 Å². The molecule has 0 bridgehead atoms. The Bertz CT molecular complexity index is 357. The van der Waals surface area contributed by atoms with Crippen LogP contribution in [0, 0.1) is 11.6 Å². The molecule has 2 rings (SSSR count). The van der Waals surface area contributed by atoms with Crippen LogP contribution in [-0.4, -0.2) is 5.11 Å². The molecule has 0 aliphatic heterocycles. The first-order valence-corrected chi connectivity index (χ1v) is 5.30. The third-order valence-electron chi connectivity index (χ3n) is 3.13. The first-order valence-electron chi connectivity index (χ1n) is 5.30. The van der Waals surface area contributed by atoms with Crippen molar-refractivity contribution >= 4 is 0 Å². The number of hydrogen-bond donors (Lipinski definition) is 1. The van der Waals surface area contributed by atoms with Crippen molar-refractivity contribution in [3.8, 4) is 0 Å². The molecule has 1 N–H and O–H groups in total. The highest BCUT2D eigenvalue weighted by Gasteiger charge is 2.34. The van der Waals surface area contributed by atoms with Crippen molar-refractivity contribution in [2.75, 3.05) is 0 Å². The topological polar surface area (TPSA) is 20.2 Å². The molecule has 82 valence electrons. The molecule has 1 nitrogen and oxygen atoms in total. The molecule has 0 unspecified atom stereocenters. The second-order valence-corrected chi connectivity index (χ2v) is 4.19. The minimum Gasteiger partial charge on any atom is -0.385 e. The van der Waals surface area contributed by atoms with Crippen LogP contribution < -0.4 is 0 Å². The largest absolute Gasteiger partial charge is 0.385 e. The van der Waals surface area contributed by atoms with E-state index in [2.05, 4.69) is 0 Å². The SMILES string of the molecule is OC1(c2cccc(F)c2F)CCCCC1. The monoisotopic (exact) mass is 212 g/mol. The second kappa shape index (κ2) is 3.89. The van der Waals surface area contributed by atoms with Gasteiger partial charge in [-0.3, -0.25) is 0 Å². The van der Waals surface area contributed by atoms with Gasteiger partial charge in [-0.25, -0.2) is 8.78 Å². The lowest BCUT2D eigenvalue weighted by Crippen LogP contribution is -2.29. The lowest BCUT2D eigenvalue weighted by molar-refractivity contribution is -0.00428. The fraction of sp³-hybridized carbons (Fsp3) is 0.500. The molecule has 0 amide bonds. The predicted molar refractivity (Wildman–Crippen MR) is 53.3 cm³/mol. The fourth-order valence-electron chi connectivity index (χ4n) is 2.27. The van der Waals surface area contributed by atoms with Gasteiger partial charge in [0.25, 0.3) is 0 Å². The van der Waals surface area contributed by atoms with Gasteiger partial charge in [-0.05, 0) is 18.9 Å². The summed E-state index contributed by atoms with van der Waals surface area (Å²) < 4.78 is 26.5. The molecule has 1 saturated carbocycles. The summed E-state index contributed by atoms with van der Waals surface area (Å²) in [4.78, 5) is 0. The maximum absolute atomic E-state index is 13.5. The van der Waals surface area contributed by atoms with E-state index in [1.807, 2.05) is 0 Å². The molecule has 0 atom stereocenters. The van der Waals surface area contributed by atoms with E-state index in [9.17, 15) is 13.9 Å². The second-order valence-electron chi connectivity index (χ2n) is 4.19. The zero-order valence-corrected chi connectivity index (χ0v) is 8.47. The summed E-state index contributed by atoms with van der Waals surface area (Å²) in [6, 6.07) is 4.00. The normalized spacial score (nSPS) is 20.2. The summed E-state index contributed by atoms with van der Waals surface area (Å²) in [5, 5.41) is 10.2. The smallest absolute Gasteiger partial charge is 0.164 e. The van der Waals surface area contributed by atoms with Gasteiger partial charge < -0.3 is 5.11 Å². The van der Waals surface area contributed by atoms with Crippen molar-refractivity contribution in [3.05, 3.63) is 35.4 Å². The molecule has 0 aromatic heterocycles. The molecule has 0 spiro atoms. The van der Waals surface area contributed by atoms with E-state index in [1.165, 1.54) is 12.1 Å². The Balaban J connectivity index is 2.39. The van der Waals surface area contributed by atoms with Crippen molar-refractivity contribution in [1.29, 1.82) is 0 Å². The van der Waals surface area contributed by atoms with Gasteiger partial charge in [0, 0.05) is 5.56 Å². The third kappa shape index (κ3) is 1.88. The Morgan fingerprint density at radius 3 is 2.40 bits per heavy atom. The van der Waals surface area contributed by atoms with Crippen LogP contribution in [0.1, 0.15) is 37.7 Å². The summed E-state index contributed by atoms with van der Waals surface area (Å²) in [7, 11) is 0. The summed E-state index contributed by atoms with van der Waals surface area (Å²) in [6.45, 7) is 0. The quantitative estimate of drug-likeness (QED) is 0.758. The van der Waals surface area contributed by atoms with Gasteiger partial charge in [0.1, 0.15) is 0 Å². The zero-order chi connectivity index (χ0) is 10.9. The average molecular weight is 212 g/mol. The fourth-order valence-corrected chi connectivity index (χ4v) is 2.27. The van der Waals surface area contributed by atoms with Gasteiger partial charge >= 0.3 is 0 Å². The maximum Gasteiger partial charge on any atom is 0.164 e. The third-order valence-corrected chi connectivity index (χ3v) is 3.13. The summed E-state index contributed by atoms with van der Waals surface area (Å²) in [5.41, 5.74) is -1.05. The Labute approximate surface area is 87.7 Å². The molecule has 15 heavy (non-hydrogen) atoms. The van der Waals surface area contributed by atoms with E-state index in [0.717, 1.165) is 25.3 Å². The number of rotatable bonds is 1. The van der Waals surface area contributed by atoms with E-state index < -0.39 is 17.2 Å². The minimum atomic E-state index is -1.16. The summed E-state index contributed by atoms with van der Waals surface area (Å²) in [6.07, 6.45) is 3.83. The highest BCUT2D eigenvalue weighted by molar-refractivity contribution is 5.25. The molecule has 0 heterocycles. The Morgan fingerprint density at radius 1 is 1.07 bits per heavy atom. The maximum atomic E-state index is 13.5. The van der Waals surface area contributed by atoms with Crippen molar-refractivity contribution in [2.45, 2.75) is 37.7 Å². The number of benzene rings is 1. The van der Waals surface area contributed by atoms with E-state index in [1.54, 1.807) is 0 Å². The van der Waals surface area contributed by atoms with Crippen molar-refractivity contribution < 1.29 is 13.9 Å². The van der Waals surface area contributed by atoms with Crippen LogP contribution in [0.5, 0.6) is 0 Å². The molecule has 1 aliphatic rings. The number of aliphatic hydroxyl groups is 1. The zero-order valence-electron chi connectivity index (χ0n) is 8.47. The minimum absolute atomic E-state index is 0.113. The number of halogens is 2. The van der Waals surface area contributed by atoms with Crippen LogP contribution in [0.4, 0.5) is 8.78 Å². The van der Waals surface area contributed by atoms with Crippen LogP contribution in [0.3, 0.4) is 0 Å². The first-order chi connectivity index (χ1) is 7.13. The standard InChI is InChI=1S/C12H14F2O/c13-10-6-4-5-9(11(10)14)12(15)7-2-1-3-8-12/h4-6,15H,1-3,7-8H2. The van der Waals surface area contributed by atoms with E-state index in [0.29, 0.717) is 12.8 Å². The van der Waals surface area contributed by atoms with Crippen LogP contribution in [0.2, 0.25) is 0 Å². The molecular weight excluding hydrogens is 198 g/mol. The highest BCUT2D eigenvalue weighted by Crippen LogP contribution is 2.38. The van der Waals surface area contributed by atoms with Gasteiger partial charge in [0.05, 0.1) is 5.60 Å². The highest BCUT2D eigenvalue weighted by atomic mass is 19.2. The van der Waals surface area contributed by atoms with E-state index >= 15 is 0 Å². The van der Waals surface area contributed by atoms with Crippen LogP contribution in [0.15, 0.2) is 18.2 Å². The van der Waals surface area contributed by atoms with Crippen molar-refractivity contribution in [2.24, 2.45) is 0 Å². The van der Waals surface area contributed by atoms with Crippen molar-refractivity contribution in [3.63, 3.8) is 0 Å². The Kier molecular flexibility index (Phi) is 2.74. The number of hydrogen-bond acceptors (Lipinski definition) is 1. The lowest BCUT2D eigenvalue weighted by atomic mass is 9.79. The Hall–Kier alpha value is -0.960. The molecule has 1 aromatic rings. The molecule has 1 aromatic carbocycles. The van der Waals surface area contributed by atoms with E-state index in [4.69, 9.17) is 0 Å². The van der Waals surface area contributed by atoms with Crippen molar-refractivity contribution in [1.82, 2.24) is 0 Å². The summed E-state index contributed by atoms with van der Waals surface area (Å²) in [5.74, 6) is -1.78. The van der Waals surface area contributed by atoms with Gasteiger partial charge in [-0.1, -0.05) is 31.4 Å². The molecule has 0 saturated heterocycles. The molecule has 1 aliphatic carbocycles. The van der Waals surface area contributed by atoms with Gasteiger partial charge in [-0.2, -0.15) is 0 Å². The molecule has 0 radical (unpaired) electrons. The lowest BCUT2D eigenvalue weighted by Gasteiger charge is -2.32. The van der Waals surface area contributed by atoms with Gasteiger partial charge in [0.15, 0.2) is 11.6 Å².